The summed E-state index contributed by atoms with van der Waals surface area (Å²) >= 11 is 0. The highest BCUT2D eigenvalue weighted by atomic mass is 16.6. The minimum absolute atomic E-state index is 0.164. The van der Waals surface area contributed by atoms with Crippen LogP contribution in [-0.4, -0.2) is 53.7 Å². The van der Waals surface area contributed by atoms with Crippen LogP contribution in [0.2, 0.25) is 0 Å². The molecule has 2 bridgehead atoms. The maximum Gasteiger partial charge on any atom is 0.186 e. The summed E-state index contributed by atoms with van der Waals surface area (Å²) < 4.78 is 11.6. The fraction of sp³-hybridized carbons (Fsp3) is 0.556. The second-order valence-corrected chi connectivity index (χ2v) is 7.18. The van der Waals surface area contributed by atoms with Crippen LogP contribution >= 0.6 is 0 Å². The van der Waals surface area contributed by atoms with Gasteiger partial charge in [0.25, 0.3) is 0 Å². The molecule has 2 N–H and O–H groups in total. The zero-order valence-corrected chi connectivity index (χ0v) is 13.1. The predicted octanol–water partition coefficient (Wildman–Crippen LogP) is 0.821. The fourth-order valence-corrected chi connectivity index (χ4v) is 5.41. The summed E-state index contributed by atoms with van der Waals surface area (Å²) in [5.41, 5.74) is 2.34. The first-order valence-electron chi connectivity index (χ1n) is 8.30. The van der Waals surface area contributed by atoms with E-state index < -0.39 is 6.10 Å². The van der Waals surface area contributed by atoms with E-state index in [1.165, 1.54) is 11.1 Å². The predicted molar refractivity (Wildman–Crippen MR) is 83.6 cm³/mol. The first-order valence-corrected chi connectivity index (χ1v) is 8.30. The van der Waals surface area contributed by atoms with Crippen LogP contribution in [0.15, 0.2) is 24.3 Å². The molecule has 4 aliphatic rings. The van der Waals surface area contributed by atoms with Gasteiger partial charge in [0.1, 0.15) is 12.2 Å². The van der Waals surface area contributed by atoms with Crippen molar-refractivity contribution in [2.24, 2.45) is 5.92 Å². The molecule has 1 fully saturated rings. The molecule has 1 saturated heterocycles. The van der Waals surface area contributed by atoms with E-state index in [9.17, 15) is 5.11 Å². The third-order valence-corrected chi connectivity index (χ3v) is 6.35. The highest BCUT2D eigenvalue weighted by molar-refractivity contribution is 5.62. The molecule has 1 aromatic rings. The van der Waals surface area contributed by atoms with Crippen molar-refractivity contribution in [3.05, 3.63) is 35.4 Å². The molecule has 122 valence electrons. The summed E-state index contributed by atoms with van der Waals surface area (Å²) in [5, 5.41) is 19.7. The highest BCUT2D eigenvalue weighted by Gasteiger charge is 2.64. The first kappa shape index (κ1) is 13.8. The number of hydrogen-bond donors (Lipinski definition) is 2. The van der Waals surface area contributed by atoms with Crippen molar-refractivity contribution in [1.29, 1.82) is 0 Å². The molecule has 0 aromatic heterocycles. The van der Waals surface area contributed by atoms with Gasteiger partial charge < -0.3 is 24.6 Å². The maximum atomic E-state index is 10.6. The summed E-state index contributed by atoms with van der Waals surface area (Å²) in [5.74, 6) is 1.67. The standard InChI is InChI=1S/C18H21NO4/c1-19-7-6-18-11-3-4-13(21)17(18)23-16-14(22-9-20)5-2-10(15(16)18)8-12(11)19/h2-5,11-13,17,20-21H,6-9H2,1H3/t11-,12+,13-,17-,18+/m0/s1. The van der Waals surface area contributed by atoms with Crippen LogP contribution in [0.4, 0.5) is 0 Å². The molecule has 5 atom stereocenters. The molecule has 5 heteroatoms. The second-order valence-electron chi connectivity index (χ2n) is 7.18. The number of likely N-dealkylation sites (tertiary alicyclic amines) is 1. The molecule has 0 radical (unpaired) electrons. The molecule has 1 spiro atoms. The molecule has 2 aliphatic heterocycles. The number of hydrogen-bond acceptors (Lipinski definition) is 5. The Morgan fingerprint density at radius 1 is 1.39 bits per heavy atom. The summed E-state index contributed by atoms with van der Waals surface area (Å²) in [7, 11) is 2.19. The molecule has 0 unspecified atom stereocenters. The lowest BCUT2D eigenvalue weighted by atomic mass is 9.53. The normalized spacial score (nSPS) is 39.8. The van der Waals surface area contributed by atoms with E-state index in [1.807, 2.05) is 12.1 Å². The van der Waals surface area contributed by atoms with Gasteiger partial charge in [-0.05, 0) is 38.1 Å². The molecular weight excluding hydrogens is 294 g/mol. The van der Waals surface area contributed by atoms with Crippen LogP contribution in [0, 0.1) is 5.92 Å². The number of ether oxygens (including phenoxy) is 2. The molecule has 2 aliphatic carbocycles. The average Bonchev–Trinajstić information content (AvgIpc) is 2.90. The van der Waals surface area contributed by atoms with Gasteiger partial charge in [0.2, 0.25) is 0 Å². The van der Waals surface area contributed by atoms with Crippen molar-refractivity contribution < 1.29 is 19.7 Å². The van der Waals surface area contributed by atoms with E-state index in [4.69, 9.17) is 14.6 Å². The van der Waals surface area contributed by atoms with Gasteiger partial charge in [0.05, 0.1) is 0 Å². The number of likely N-dealkylation sites (N-methyl/N-ethyl adjacent to an activating group) is 1. The van der Waals surface area contributed by atoms with Crippen molar-refractivity contribution in [2.75, 3.05) is 20.4 Å². The Hall–Kier alpha value is -1.56. The Morgan fingerprint density at radius 3 is 3.09 bits per heavy atom. The number of aliphatic hydroxyl groups is 2. The average molecular weight is 315 g/mol. The molecule has 1 aromatic carbocycles. The zero-order chi connectivity index (χ0) is 15.8. The fourth-order valence-electron chi connectivity index (χ4n) is 5.41. The SMILES string of the molecule is CN1CC[C@@]23c4c5ccc(OCO)c4O[C@H]2[C@@H](O)C=C[C@H]3[C@H]1C5. The number of aliphatic hydroxyl groups excluding tert-OH is 2. The van der Waals surface area contributed by atoms with Crippen LogP contribution in [0.1, 0.15) is 17.5 Å². The molecule has 23 heavy (non-hydrogen) atoms. The van der Waals surface area contributed by atoms with Crippen LogP contribution in [0.25, 0.3) is 0 Å². The lowest BCUT2D eigenvalue weighted by molar-refractivity contribution is -0.0456. The van der Waals surface area contributed by atoms with Gasteiger partial charge >= 0.3 is 0 Å². The smallest absolute Gasteiger partial charge is 0.186 e. The Morgan fingerprint density at radius 2 is 2.26 bits per heavy atom. The summed E-state index contributed by atoms with van der Waals surface area (Å²) in [6.07, 6.45) is 5.19. The van der Waals surface area contributed by atoms with Gasteiger partial charge in [-0.15, -0.1) is 0 Å². The number of rotatable bonds is 2. The first-order chi connectivity index (χ1) is 11.2. The van der Waals surface area contributed by atoms with Crippen molar-refractivity contribution >= 4 is 0 Å². The zero-order valence-electron chi connectivity index (χ0n) is 13.1. The minimum atomic E-state index is -0.601. The minimum Gasteiger partial charge on any atom is -0.482 e. The van der Waals surface area contributed by atoms with E-state index in [1.54, 1.807) is 0 Å². The summed E-state index contributed by atoms with van der Waals surface area (Å²) in [4.78, 5) is 2.44. The van der Waals surface area contributed by atoms with E-state index >= 15 is 0 Å². The Balaban J connectivity index is 1.78. The van der Waals surface area contributed by atoms with E-state index in [0.29, 0.717) is 17.7 Å². The third kappa shape index (κ3) is 1.53. The van der Waals surface area contributed by atoms with Crippen molar-refractivity contribution in [3.63, 3.8) is 0 Å². The molecule has 0 amide bonds. The second kappa shape index (κ2) is 4.50. The van der Waals surface area contributed by atoms with Gasteiger partial charge in [0.15, 0.2) is 18.3 Å². The van der Waals surface area contributed by atoms with Crippen LogP contribution < -0.4 is 9.47 Å². The Kier molecular flexibility index (Phi) is 2.71. The quantitative estimate of drug-likeness (QED) is 0.625. The van der Waals surface area contributed by atoms with Gasteiger partial charge in [-0.3, -0.25) is 0 Å². The van der Waals surface area contributed by atoms with E-state index in [-0.39, 0.29) is 18.3 Å². The summed E-state index contributed by atoms with van der Waals surface area (Å²) in [6.45, 7) is 0.633. The molecule has 5 rings (SSSR count). The van der Waals surface area contributed by atoms with Gasteiger partial charge in [-0.1, -0.05) is 18.2 Å². The number of nitrogens with zero attached hydrogens (tertiary/aromatic N) is 1. The monoisotopic (exact) mass is 315 g/mol. The summed E-state index contributed by atoms with van der Waals surface area (Å²) in [6, 6.07) is 4.43. The van der Waals surface area contributed by atoms with Gasteiger partial charge in [-0.25, -0.2) is 0 Å². The lowest BCUT2D eigenvalue weighted by Gasteiger charge is -2.56. The lowest BCUT2D eigenvalue weighted by Crippen LogP contribution is -2.64. The molecule has 5 nitrogen and oxygen atoms in total. The molecular formula is C18H21NO4. The van der Waals surface area contributed by atoms with Gasteiger partial charge in [0, 0.05) is 22.9 Å². The van der Waals surface area contributed by atoms with Crippen LogP contribution in [-0.2, 0) is 11.8 Å². The van der Waals surface area contributed by atoms with E-state index in [0.717, 1.165) is 25.1 Å². The Labute approximate surface area is 135 Å². The topological polar surface area (TPSA) is 62.2 Å². The molecule has 2 heterocycles. The molecule has 0 saturated carbocycles. The number of piperidine rings is 1. The largest absolute Gasteiger partial charge is 0.482 e. The number of benzene rings is 1. The maximum absolute atomic E-state index is 10.6. The van der Waals surface area contributed by atoms with Crippen molar-refractivity contribution in [3.8, 4) is 11.5 Å². The Bertz CT molecular complexity index is 703. The van der Waals surface area contributed by atoms with Crippen LogP contribution in [0.5, 0.6) is 11.5 Å². The van der Waals surface area contributed by atoms with E-state index in [2.05, 4.69) is 24.1 Å². The van der Waals surface area contributed by atoms with Crippen molar-refractivity contribution in [1.82, 2.24) is 4.90 Å². The highest BCUT2D eigenvalue weighted by Crippen LogP contribution is 2.62. The van der Waals surface area contributed by atoms with Crippen LogP contribution in [0.3, 0.4) is 0 Å². The van der Waals surface area contributed by atoms with Gasteiger partial charge in [-0.2, -0.15) is 0 Å². The third-order valence-electron chi connectivity index (χ3n) is 6.35. The van der Waals surface area contributed by atoms with Crippen molar-refractivity contribution in [2.45, 2.75) is 36.5 Å².